The van der Waals surface area contributed by atoms with Gasteiger partial charge in [-0.3, -0.25) is 18.9 Å². The van der Waals surface area contributed by atoms with E-state index in [-0.39, 0.29) is 18.6 Å². The number of methoxy groups -OCH3 is 1. The Bertz CT molecular complexity index is 801. The van der Waals surface area contributed by atoms with E-state index in [0.29, 0.717) is 0 Å². The average Bonchev–Trinajstić information content (AvgIpc) is 2.81. The van der Waals surface area contributed by atoms with Gasteiger partial charge in [-0.15, -0.1) is 0 Å². The maximum Gasteiger partial charge on any atom is 0.470 e. The van der Waals surface area contributed by atoms with Crippen molar-refractivity contribution in [2.75, 3.05) is 20.3 Å². The van der Waals surface area contributed by atoms with Crippen LogP contribution in [0.4, 0.5) is 0 Å². The molecule has 26 heavy (non-hydrogen) atoms. The van der Waals surface area contributed by atoms with E-state index in [0.717, 1.165) is 10.8 Å². The molecule has 1 saturated heterocycles. The molecule has 0 spiro atoms. The van der Waals surface area contributed by atoms with Gasteiger partial charge >= 0.3 is 13.5 Å². The zero-order valence-electron chi connectivity index (χ0n) is 14.1. The van der Waals surface area contributed by atoms with Gasteiger partial charge in [-0.25, -0.2) is 9.36 Å². The van der Waals surface area contributed by atoms with Crippen LogP contribution in [-0.4, -0.2) is 68.2 Å². The van der Waals surface area contributed by atoms with E-state index in [1.165, 1.54) is 14.0 Å². The number of hydrogen-bond acceptors (Lipinski definition) is 8. The van der Waals surface area contributed by atoms with Crippen LogP contribution in [0.3, 0.4) is 0 Å². The monoisotopic (exact) mass is 396 g/mol. The first-order valence-corrected chi connectivity index (χ1v) is 9.11. The van der Waals surface area contributed by atoms with Crippen molar-refractivity contribution >= 4 is 7.82 Å². The Morgan fingerprint density at radius 2 is 2.08 bits per heavy atom. The summed E-state index contributed by atoms with van der Waals surface area (Å²) in [6.45, 7) is 0.670. The maximum absolute atomic E-state index is 12.3. The number of rotatable bonds is 7. The molecule has 1 aliphatic rings. The molecule has 0 radical (unpaired) electrons. The highest BCUT2D eigenvalue weighted by Crippen LogP contribution is 2.46. The molecule has 148 valence electrons. The molecule has 0 bridgehead atoms. The minimum absolute atomic E-state index is 0.0115. The van der Waals surface area contributed by atoms with Crippen LogP contribution in [0.1, 0.15) is 12.0 Å². The van der Waals surface area contributed by atoms with Crippen molar-refractivity contribution in [1.82, 2.24) is 9.55 Å². The molecule has 12 nitrogen and oxygen atoms in total. The summed E-state index contributed by atoms with van der Waals surface area (Å²) >= 11 is 0. The Morgan fingerprint density at radius 3 is 2.62 bits per heavy atom. The number of nitrogens with zero attached hydrogens (tertiary/aromatic N) is 1. The van der Waals surface area contributed by atoms with Crippen LogP contribution in [-0.2, 0) is 24.3 Å². The quantitative estimate of drug-likeness (QED) is 0.316. The Kier molecular flexibility index (Phi) is 6.20. The molecule has 1 aliphatic heterocycles. The number of aromatic amines is 1. The second kappa shape index (κ2) is 7.71. The van der Waals surface area contributed by atoms with Crippen LogP contribution >= 0.6 is 7.82 Å². The number of phosphoric ester groups is 1. The summed E-state index contributed by atoms with van der Waals surface area (Å²) < 4.78 is 27.3. The topological polar surface area (TPSA) is 181 Å². The summed E-state index contributed by atoms with van der Waals surface area (Å²) in [5.41, 5.74) is -3.29. The molecule has 0 amide bonds. The van der Waals surface area contributed by atoms with E-state index in [2.05, 4.69) is 9.51 Å². The van der Waals surface area contributed by atoms with Crippen molar-refractivity contribution in [1.29, 1.82) is 0 Å². The predicted molar refractivity (Wildman–Crippen MR) is 85.4 cm³/mol. The van der Waals surface area contributed by atoms with Crippen molar-refractivity contribution in [2.24, 2.45) is 0 Å². The van der Waals surface area contributed by atoms with Gasteiger partial charge < -0.3 is 29.5 Å². The molecule has 5 N–H and O–H groups in total. The van der Waals surface area contributed by atoms with E-state index >= 15 is 0 Å². The molecule has 0 unspecified atom stereocenters. The number of phosphoric acid groups is 1. The number of aromatic nitrogens is 2. The molecule has 13 heteroatoms. The number of H-pyrrole nitrogens is 1. The van der Waals surface area contributed by atoms with Gasteiger partial charge in [0.05, 0.1) is 13.2 Å². The molecule has 1 fully saturated rings. The molecule has 2 rings (SSSR count). The summed E-state index contributed by atoms with van der Waals surface area (Å²) in [6.07, 6.45) is -3.71. The SMILES string of the molecule is COCC[C@@]1(n2cc(C)c(=O)[nH]c2=O)O[C@H](CO)[C@@H](OP(=O)(O)O)[C@H]1O. The summed E-state index contributed by atoms with van der Waals surface area (Å²) in [5.74, 6) is 0. The van der Waals surface area contributed by atoms with Crippen LogP contribution in [0.25, 0.3) is 0 Å². The minimum atomic E-state index is -5.03. The van der Waals surface area contributed by atoms with Gasteiger partial charge in [-0.1, -0.05) is 0 Å². The molecular formula is C13H21N2O10P. The largest absolute Gasteiger partial charge is 0.470 e. The summed E-state index contributed by atoms with van der Waals surface area (Å²) in [5, 5.41) is 20.2. The molecule has 0 saturated carbocycles. The Balaban J connectivity index is 2.60. The van der Waals surface area contributed by atoms with E-state index < -0.39 is 49.7 Å². The second-order valence-corrected chi connectivity index (χ2v) is 7.07. The van der Waals surface area contributed by atoms with Crippen molar-refractivity contribution in [3.05, 3.63) is 32.6 Å². The Hall–Kier alpha value is -1.37. The van der Waals surface area contributed by atoms with Gasteiger partial charge in [0.25, 0.3) is 5.56 Å². The third kappa shape index (κ3) is 3.97. The number of aliphatic hydroxyl groups excluding tert-OH is 2. The van der Waals surface area contributed by atoms with Crippen molar-refractivity contribution in [2.45, 2.75) is 37.4 Å². The fraction of sp³-hybridized carbons (Fsp3) is 0.692. The highest BCUT2D eigenvalue weighted by Gasteiger charge is 2.58. The lowest BCUT2D eigenvalue weighted by molar-refractivity contribution is -0.161. The predicted octanol–water partition coefficient (Wildman–Crippen LogP) is -2.24. The lowest BCUT2D eigenvalue weighted by Crippen LogP contribution is -2.52. The number of nitrogens with one attached hydrogen (secondary N) is 1. The van der Waals surface area contributed by atoms with E-state index in [4.69, 9.17) is 19.3 Å². The van der Waals surface area contributed by atoms with E-state index in [1.807, 2.05) is 0 Å². The van der Waals surface area contributed by atoms with Crippen molar-refractivity contribution < 1.29 is 38.6 Å². The third-order valence-electron chi connectivity index (χ3n) is 4.13. The summed E-state index contributed by atoms with van der Waals surface area (Å²) in [6, 6.07) is 0. The molecule has 0 aromatic carbocycles. The van der Waals surface area contributed by atoms with Crippen LogP contribution in [0, 0.1) is 6.92 Å². The summed E-state index contributed by atoms with van der Waals surface area (Å²) in [4.78, 5) is 44.1. The first-order chi connectivity index (χ1) is 12.1. The normalized spacial score (nSPS) is 29.2. The number of ether oxygens (including phenoxy) is 2. The van der Waals surface area contributed by atoms with Gasteiger partial charge in [0, 0.05) is 25.3 Å². The maximum atomic E-state index is 12.3. The van der Waals surface area contributed by atoms with Gasteiger partial charge in [0.15, 0.2) is 5.72 Å². The van der Waals surface area contributed by atoms with Gasteiger partial charge in [0.1, 0.15) is 18.3 Å². The van der Waals surface area contributed by atoms with Gasteiger partial charge in [-0.05, 0) is 6.92 Å². The highest BCUT2D eigenvalue weighted by atomic mass is 31.2. The lowest BCUT2D eigenvalue weighted by atomic mass is 9.99. The summed E-state index contributed by atoms with van der Waals surface area (Å²) in [7, 11) is -3.67. The van der Waals surface area contributed by atoms with E-state index in [9.17, 15) is 24.4 Å². The van der Waals surface area contributed by atoms with Crippen molar-refractivity contribution in [3.63, 3.8) is 0 Å². The molecular weight excluding hydrogens is 375 g/mol. The zero-order valence-corrected chi connectivity index (χ0v) is 15.0. The van der Waals surface area contributed by atoms with Crippen LogP contribution in [0.15, 0.2) is 15.8 Å². The van der Waals surface area contributed by atoms with Gasteiger partial charge in [-0.2, -0.15) is 0 Å². The van der Waals surface area contributed by atoms with Crippen LogP contribution < -0.4 is 11.2 Å². The standard InChI is InChI=1S/C13H21N2O10P/c1-7-5-15(12(19)14-11(7)18)13(3-4-23-2)10(17)9(8(6-16)24-13)25-26(20,21)22/h5,8-10,16-17H,3-4,6H2,1-2H3,(H,14,18,19)(H2,20,21,22)/t8-,9-,10-,13-/m1/s1. The number of hydrogen-bond donors (Lipinski definition) is 5. The van der Waals surface area contributed by atoms with Crippen LogP contribution in [0.2, 0.25) is 0 Å². The first kappa shape index (κ1) is 20.9. The molecule has 1 aromatic rings. The fourth-order valence-electron chi connectivity index (χ4n) is 2.91. The Morgan fingerprint density at radius 1 is 1.42 bits per heavy atom. The smallest absolute Gasteiger partial charge is 0.394 e. The van der Waals surface area contributed by atoms with Gasteiger partial charge in [0.2, 0.25) is 0 Å². The van der Waals surface area contributed by atoms with E-state index in [1.54, 1.807) is 0 Å². The minimum Gasteiger partial charge on any atom is -0.394 e. The molecule has 4 atom stereocenters. The van der Waals surface area contributed by atoms with Crippen LogP contribution in [0.5, 0.6) is 0 Å². The Labute approximate surface area is 147 Å². The number of aliphatic hydroxyl groups is 2. The average molecular weight is 396 g/mol. The molecule has 1 aromatic heterocycles. The second-order valence-electron chi connectivity index (χ2n) is 5.87. The highest BCUT2D eigenvalue weighted by molar-refractivity contribution is 7.46. The zero-order chi connectivity index (χ0) is 19.7. The molecule has 0 aliphatic carbocycles. The lowest BCUT2D eigenvalue weighted by Gasteiger charge is -2.34. The fourth-order valence-corrected chi connectivity index (χ4v) is 3.48. The molecule has 2 heterocycles. The third-order valence-corrected chi connectivity index (χ3v) is 4.64. The van der Waals surface area contributed by atoms with Crippen molar-refractivity contribution in [3.8, 4) is 0 Å². The first-order valence-electron chi connectivity index (χ1n) is 7.58. The number of aryl methyl sites for hydroxylation is 1.